The molecule has 0 amide bonds. The number of nitrogens with zero attached hydrogens (tertiary/aromatic N) is 1. The van der Waals surface area contributed by atoms with Crippen LogP contribution in [0.1, 0.15) is 82.3 Å². The number of pyridine rings is 1. The van der Waals surface area contributed by atoms with Crippen LogP contribution in [0.5, 0.6) is 5.75 Å². The first-order chi connectivity index (χ1) is 14.2. The average Bonchev–Trinajstić information content (AvgIpc) is 2.72. The molecule has 0 spiro atoms. The smallest absolute Gasteiger partial charge is 0.257 e. The molecule has 0 saturated heterocycles. The van der Waals surface area contributed by atoms with Crippen molar-refractivity contribution in [2.24, 2.45) is 5.73 Å². The highest BCUT2D eigenvalue weighted by Crippen LogP contribution is 2.21. The third kappa shape index (κ3) is 7.65. The minimum atomic E-state index is -0.276. The highest BCUT2D eigenvalue weighted by atomic mass is 16.5. The zero-order valence-corrected chi connectivity index (χ0v) is 17.8. The summed E-state index contributed by atoms with van der Waals surface area (Å²) in [5.41, 5.74) is 5.85. The van der Waals surface area contributed by atoms with E-state index in [1.165, 1.54) is 42.7 Å². The van der Waals surface area contributed by atoms with Crippen LogP contribution in [0.25, 0.3) is 10.9 Å². The Labute approximate surface area is 174 Å². The molecule has 29 heavy (non-hydrogen) atoms. The summed E-state index contributed by atoms with van der Waals surface area (Å²) in [5, 5.41) is 0.864. The van der Waals surface area contributed by atoms with Crippen LogP contribution < -0.4 is 16.0 Å². The van der Waals surface area contributed by atoms with Crippen LogP contribution >= 0.6 is 0 Å². The first kappa shape index (κ1) is 23.1. The number of carbonyl (C=O) groups is 1. The number of ether oxygens (including phenoxy) is 1. The summed E-state index contributed by atoms with van der Waals surface area (Å²) < 4.78 is 7.07. The lowest BCUT2D eigenvalue weighted by Crippen LogP contribution is -2.26. The van der Waals surface area contributed by atoms with Gasteiger partial charge in [-0.05, 0) is 49.4 Å². The number of benzene rings is 1. The summed E-state index contributed by atoms with van der Waals surface area (Å²) in [5.74, 6) is 0.542. The third-order valence-corrected chi connectivity index (χ3v) is 5.23. The van der Waals surface area contributed by atoms with Gasteiger partial charge in [0.05, 0.1) is 12.1 Å². The molecule has 0 unspecified atom stereocenters. The molecular weight excluding hydrogens is 364 g/mol. The van der Waals surface area contributed by atoms with E-state index >= 15 is 0 Å². The maximum atomic E-state index is 12.8. The summed E-state index contributed by atoms with van der Waals surface area (Å²) in [6.07, 6.45) is 11.6. The van der Waals surface area contributed by atoms with Crippen molar-refractivity contribution in [2.75, 3.05) is 13.2 Å². The minimum Gasteiger partial charge on any atom is -0.494 e. The Morgan fingerprint density at radius 1 is 0.931 bits per heavy atom. The van der Waals surface area contributed by atoms with Gasteiger partial charge in [0.2, 0.25) is 5.91 Å². The lowest BCUT2D eigenvalue weighted by Gasteiger charge is -2.11. The van der Waals surface area contributed by atoms with Crippen molar-refractivity contribution in [3.05, 3.63) is 40.7 Å². The molecule has 0 fully saturated rings. The van der Waals surface area contributed by atoms with Crippen LogP contribution in [0.4, 0.5) is 0 Å². The molecule has 0 saturated carbocycles. The van der Waals surface area contributed by atoms with Gasteiger partial charge >= 0.3 is 0 Å². The van der Waals surface area contributed by atoms with Crippen molar-refractivity contribution < 1.29 is 9.53 Å². The number of rotatable bonds is 14. The van der Waals surface area contributed by atoms with Crippen molar-refractivity contribution >= 4 is 16.8 Å². The van der Waals surface area contributed by atoms with Crippen LogP contribution in [0.3, 0.4) is 0 Å². The van der Waals surface area contributed by atoms with Crippen molar-refractivity contribution in [2.45, 2.75) is 77.6 Å². The molecule has 1 heterocycles. The zero-order chi connectivity index (χ0) is 20.9. The Morgan fingerprint density at radius 3 is 2.34 bits per heavy atom. The summed E-state index contributed by atoms with van der Waals surface area (Å²) in [7, 11) is 0. The normalized spacial score (nSPS) is 11.1. The third-order valence-electron chi connectivity index (χ3n) is 5.23. The Kier molecular flexibility index (Phi) is 10.5. The molecular formula is C24H36N2O3. The number of aromatic nitrogens is 1. The molecule has 0 aliphatic rings. The van der Waals surface area contributed by atoms with Crippen molar-refractivity contribution in [3.63, 3.8) is 0 Å². The van der Waals surface area contributed by atoms with Gasteiger partial charge < -0.3 is 10.5 Å². The fourth-order valence-corrected chi connectivity index (χ4v) is 3.52. The van der Waals surface area contributed by atoms with Crippen LogP contribution in [0.2, 0.25) is 0 Å². The molecule has 2 aromatic rings. The number of hydrogen-bond donors (Lipinski definition) is 1. The van der Waals surface area contributed by atoms with Gasteiger partial charge in [0.15, 0.2) is 0 Å². The fraction of sp³-hybridized carbons (Fsp3) is 0.583. The second-order valence-corrected chi connectivity index (χ2v) is 7.69. The molecule has 0 radical (unpaired) electrons. The Hall–Kier alpha value is -2.14. The molecule has 5 heteroatoms. The fourth-order valence-electron chi connectivity index (χ4n) is 3.52. The van der Waals surface area contributed by atoms with E-state index < -0.39 is 0 Å². The lowest BCUT2D eigenvalue weighted by atomic mass is 10.1. The second kappa shape index (κ2) is 13.2. The molecule has 0 aliphatic carbocycles. The molecule has 5 nitrogen and oxygen atoms in total. The van der Waals surface area contributed by atoms with Crippen LogP contribution in [0.15, 0.2) is 35.1 Å². The van der Waals surface area contributed by atoms with E-state index in [1.54, 1.807) is 12.1 Å². The Balaban J connectivity index is 1.96. The van der Waals surface area contributed by atoms with Crippen molar-refractivity contribution in [3.8, 4) is 5.75 Å². The van der Waals surface area contributed by atoms with Gasteiger partial charge in [0, 0.05) is 18.6 Å². The van der Waals surface area contributed by atoms with E-state index in [4.69, 9.17) is 10.5 Å². The monoisotopic (exact) mass is 400 g/mol. The van der Waals surface area contributed by atoms with Crippen LogP contribution in [-0.2, 0) is 0 Å². The zero-order valence-electron chi connectivity index (χ0n) is 17.8. The molecule has 0 bridgehead atoms. The summed E-state index contributed by atoms with van der Waals surface area (Å²) in [6.45, 7) is 3.44. The molecule has 1 aromatic carbocycles. The van der Waals surface area contributed by atoms with Gasteiger partial charge in [0.25, 0.3) is 5.56 Å². The van der Waals surface area contributed by atoms with Gasteiger partial charge in [-0.2, -0.15) is 0 Å². The number of unbranched alkanes of at least 4 members (excludes halogenated alkanes) is 8. The van der Waals surface area contributed by atoms with E-state index in [-0.39, 0.29) is 11.5 Å². The molecule has 2 rings (SSSR count). The predicted octanol–water partition coefficient (Wildman–Crippen LogP) is 5.29. The van der Waals surface area contributed by atoms with E-state index in [2.05, 4.69) is 6.92 Å². The average molecular weight is 401 g/mol. The number of nitrogens with two attached hydrogens (primary N) is 1. The molecule has 0 atom stereocenters. The highest BCUT2D eigenvalue weighted by molar-refractivity contribution is 5.91. The summed E-state index contributed by atoms with van der Waals surface area (Å²) >= 11 is 0. The Bertz CT molecular complexity index is 813. The SMILES string of the molecule is CCCCCCCCCCC(=O)n1c(=O)ccc2ccc(OCCCCN)cc21. The van der Waals surface area contributed by atoms with Crippen molar-refractivity contribution in [1.82, 2.24) is 4.57 Å². The number of fused-ring (bicyclic) bond motifs is 1. The molecule has 160 valence electrons. The maximum absolute atomic E-state index is 12.8. The topological polar surface area (TPSA) is 74.3 Å². The van der Waals surface area contributed by atoms with Crippen LogP contribution in [-0.4, -0.2) is 23.6 Å². The largest absolute Gasteiger partial charge is 0.494 e. The van der Waals surface area contributed by atoms with E-state index in [0.29, 0.717) is 30.8 Å². The molecule has 0 aliphatic heterocycles. The van der Waals surface area contributed by atoms with E-state index in [9.17, 15) is 9.59 Å². The van der Waals surface area contributed by atoms with Gasteiger partial charge in [-0.25, -0.2) is 4.57 Å². The quantitative estimate of drug-likeness (QED) is 0.437. The minimum absolute atomic E-state index is 0.133. The van der Waals surface area contributed by atoms with E-state index in [0.717, 1.165) is 37.5 Å². The standard InChI is InChI=1S/C24H36N2O3/c1-2-3-4-5-6-7-8-9-12-23(27)26-22-19-21(29-18-11-10-17-25)15-13-20(22)14-16-24(26)28/h13-16,19H,2-12,17-18,25H2,1H3. The summed E-state index contributed by atoms with van der Waals surface area (Å²) in [4.78, 5) is 25.2. The first-order valence-electron chi connectivity index (χ1n) is 11.2. The highest BCUT2D eigenvalue weighted by Gasteiger charge is 2.12. The predicted molar refractivity (Wildman–Crippen MR) is 120 cm³/mol. The first-order valence-corrected chi connectivity index (χ1v) is 11.2. The lowest BCUT2D eigenvalue weighted by molar-refractivity contribution is 0.0900. The van der Waals surface area contributed by atoms with Gasteiger partial charge in [-0.3, -0.25) is 9.59 Å². The van der Waals surface area contributed by atoms with Gasteiger partial charge in [0.1, 0.15) is 5.75 Å². The number of hydrogen-bond acceptors (Lipinski definition) is 4. The Morgan fingerprint density at radius 2 is 1.62 bits per heavy atom. The van der Waals surface area contributed by atoms with Crippen LogP contribution in [0, 0.1) is 0 Å². The van der Waals surface area contributed by atoms with Crippen molar-refractivity contribution in [1.29, 1.82) is 0 Å². The van der Waals surface area contributed by atoms with Gasteiger partial charge in [-0.1, -0.05) is 51.9 Å². The second-order valence-electron chi connectivity index (χ2n) is 7.69. The molecule has 2 N–H and O–H groups in total. The number of carbonyl (C=O) groups excluding carboxylic acids is 1. The molecule has 1 aromatic heterocycles. The van der Waals surface area contributed by atoms with E-state index in [1.807, 2.05) is 12.1 Å². The summed E-state index contributed by atoms with van der Waals surface area (Å²) in [6, 6.07) is 8.80. The van der Waals surface area contributed by atoms with Gasteiger partial charge in [-0.15, -0.1) is 0 Å². The maximum Gasteiger partial charge on any atom is 0.257 e.